The maximum absolute atomic E-state index is 13.1. The van der Waals surface area contributed by atoms with E-state index in [9.17, 15) is 9.18 Å². The van der Waals surface area contributed by atoms with Crippen molar-refractivity contribution in [1.29, 1.82) is 0 Å². The van der Waals surface area contributed by atoms with Crippen LogP contribution in [0.5, 0.6) is 11.5 Å². The number of rotatable bonds is 5. The van der Waals surface area contributed by atoms with Gasteiger partial charge in [-0.05, 0) is 63.2 Å². The van der Waals surface area contributed by atoms with Crippen LogP contribution in [0, 0.1) is 5.82 Å². The summed E-state index contributed by atoms with van der Waals surface area (Å²) >= 11 is 0. The Balaban J connectivity index is 1.55. The number of aryl methyl sites for hydroxylation is 1. The number of nitrogens with zero attached hydrogens (tertiary/aromatic N) is 3. The number of nitrogens with one attached hydrogen (secondary N) is 1. The van der Waals surface area contributed by atoms with Crippen molar-refractivity contribution in [2.24, 2.45) is 7.05 Å². The van der Waals surface area contributed by atoms with E-state index in [1.165, 1.54) is 24.4 Å². The summed E-state index contributed by atoms with van der Waals surface area (Å²) in [5.41, 5.74) is 1.90. The number of aromatic nitrogens is 3. The summed E-state index contributed by atoms with van der Waals surface area (Å²) in [6, 6.07) is 14.8. The third-order valence-corrected chi connectivity index (χ3v) is 4.53. The highest BCUT2D eigenvalue weighted by atomic mass is 19.1. The maximum atomic E-state index is 13.1. The van der Waals surface area contributed by atoms with Crippen LogP contribution in [0.3, 0.4) is 0 Å². The molecule has 0 radical (unpaired) electrons. The van der Waals surface area contributed by atoms with Crippen molar-refractivity contribution in [1.82, 2.24) is 14.5 Å². The van der Waals surface area contributed by atoms with Crippen LogP contribution in [0.2, 0.25) is 0 Å². The summed E-state index contributed by atoms with van der Waals surface area (Å²) in [5, 5.41) is 3.18. The summed E-state index contributed by atoms with van der Waals surface area (Å²) < 4.78 is 26.3. The van der Waals surface area contributed by atoms with Crippen molar-refractivity contribution in [2.75, 3.05) is 5.32 Å². The van der Waals surface area contributed by atoms with Crippen LogP contribution >= 0.6 is 0 Å². The number of imidazole rings is 1. The second kappa shape index (κ2) is 8.30. The van der Waals surface area contributed by atoms with Gasteiger partial charge in [-0.25, -0.2) is 19.2 Å². The molecule has 0 saturated carbocycles. The fourth-order valence-corrected chi connectivity index (χ4v) is 3.07. The molecule has 0 aliphatic heterocycles. The molecular weight excluding hydrogens is 411 g/mol. The number of anilines is 2. The quantitative estimate of drug-likeness (QED) is 0.412. The first-order chi connectivity index (χ1) is 15.2. The van der Waals surface area contributed by atoms with Crippen molar-refractivity contribution in [3.63, 3.8) is 0 Å². The maximum Gasteiger partial charge on any atom is 0.357 e. The van der Waals surface area contributed by atoms with Crippen molar-refractivity contribution >= 4 is 28.6 Å². The van der Waals surface area contributed by atoms with Crippen LogP contribution in [-0.4, -0.2) is 26.1 Å². The Hall–Kier alpha value is -3.94. The number of carbonyl (C=O) groups is 1. The number of hydrogen-bond acceptors (Lipinski definition) is 6. The summed E-state index contributed by atoms with van der Waals surface area (Å²) in [6.07, 6.45) is 1.50. The minimum Gasteiger partial charge on any atom is -0.457 e. The molecule has 0 amide bonds. The predicted octanol–water partition coefficient (Wildman–Crippen LogP) is 5.60. The molecule has 8 heteroatoms. The van der Waals surface area contributed by atoms with Gasteiger partial charge in [-0.3, -0.25) is 0 Å². The number of halogens is 1. The van der Waals surface area contributed by atoms with E-state index < -0.39 is 11.6 Å². The molecule has 0 bridgehead atoms. The molecule has 0 fully saturated rings. The highest BCUT2D eigenvalue weighted by molar-refractivity contribution is 5.88. The normalized spacial score (nSPS) is 11.4. The fourth-order valence-electron chi connectivity index (χ4n) is 3.07. The van der Waals surface area contributed by atoms with Gasteiger partial charge in [0.1, 0.15) is 22.9 Å². The molecule has 4 rings (SSSR count). The van der Waals surface area contributed by atoms with Gasteiger partial charge in [0, 0.05) is 31.1 Å². The third kappa shape index (κ3) is 4.85. The molecule has 2 aromatic heterocycles. The number of fused-ring (bicyclic) bond motifs is 1. The monoisotopic (exact) mass is 434 g/mol. The highest BCUT2D eigenvalue weighted by Gasteiger charge is 2.19. The predicted molar refractivity (Wildman–Crippen MR) is 120 cm³/mol. The van der Waals surface area contributed by atoms with Gasteiger partial charge in [0.2, 0.25) is 5.95 Å². The topological polar surface area (TPSA) is 78.3 Å². The molecule has 0 aliphatic carbocycles. The molecule has 1 N–H and O–H groups in total. The number of ether oxygens (including phenoxy) is 2. The molecule has 32 heavy (non-hydrogen) atoms. The van der Waals surface area contributed by atoms with E-state index in [2.05, 4.69) is 15.3 Å². The fraction of sp³-hybridized carbons (Fsp3) is 0.208. The molecule has 0 saturated heterocycles. The van der Waals surface area contributed by atoms with Crippen molar-refractivity contribution in [3.05, 3.63) is 72.3 Å². The van der Waals surface area contributed by atoms with Crippen molar-refractivity contribution in [3.8, 4) is 11.5 Å². The van der Waals surface area contributed by atoms with Crippen LogP contribution < -0.4 is 10.1 Å². The highest BCUT2D eigenvalue weighted by Crippen LogP contribution is 2.28. The van der Waals surface area contributed by atoms with E-state index in [0.717, 1.165) is 16.7 Å². The van der Waals surface area contributed by atoms with Gasteiger partial charge < -0.3 is 19.4 Å². The lowest BCUT2D eigenvalue weighted by Gasteiger charge is -2.19. The zero-order chi connectivity index (χ0) is 22.9. The lowest BCUT2D eigenvalue weighted by molar-refractivity contribution is 0.00624. The lowest BCUT2D eigenvalue weighted by Crippen LogP contribution is -2.24. The van der Waals surface area contributed by atoms with E-state index in [-0.39, 0.29) is 11.5 Å². The van der Waals surface area contributed by atoms with E-state index in [1.54, 1.807) is 45.0 Å². The van der Waals surface area contributed by atoms with E-state index in [1.807, 2.05) is 23.7 Å². The molecule has 164 valence electrons. The second-order valence-corrected chi connectivity index (χ2v) is 8.26. The molecule has 2 heterocycles. The molecule has 2 aromatic carbocycles. The van der Waals surface area contributed by atoms with Crippen LogP contribution in [0.4, 0.5) is 16.0 Å². The van der Waals surface area contributed by atoms with Gasteiger partial charge in [-0.1, -0.05) is 0 Å². The molecular formula is C24H23FN4O3. The van der Waals surface area contributed by atoms with Crippen LogP contribution in [0.1, 0.15) is 31.3 Å². The van der Waals surface area contributed by atoms with Gasteiger partial charge >= 0.3 is 5.97 Å². The smallest absolute Gasteiger partial charge is 0.357 e. The van der Waals surface area contributed by atoms with Gasteiger partial charge in [-0.2, -0.15) is 0 Å². The first-order valence-electron chi connectivity index (χ1n) is 10.0. The van der Waals surface area contributed by atoms with E-state index >= 15 is 0 Å². The van der Waals surface area contributed by atoms with Crippen LogP contribution in [0.25, 0.3) is 11.0 Å². The first kappa shape index (κ1) is 21.3. The SMILES string of the molecule is Cn1c(Nc2ccc(F)cc2)nc2cc(Oc3ccnc(C(=O)OC(C)(C)C)c3)ccc21. The molecule has 0 aliphatic rings. The Morgan fingerprint density at radius 3 is 2.47 bits per heavy atom. The minimum atomic E-state index is -0.612. The van der Waals surface area contributed by atoms with Gasteiger partial charge in [0.15, 0.2) is 5.69 Å². The Morgan fingerprint density at radius 2 is 1.75 bits per heavy atom. The second-order valence-electron chi connectivity index (χ2n) is 8.26. The molecule has 0 atom stereocenters. The molecule has 0 unspecified atom stereocenters. The number of carbonyl (C=O) groups excluding carboxylic acids is 1. The summed E-state index contributed by atoms with van der Waals surface area (Å²) in [4.78, 5) is 21.0. The number of hydrogen-bond donors (Lipinski definition) is 1. The third-order valence-electron chi connectivity index (χ3n) is 4.53. The van der Waals surface area contributed by atoms with Gasteiger partial charge in [-0.15, -0.1) is 0 Å². The van der Waals surface area contributed by atoms with Crippen molar-refractivity contribution < 1.29 is 18.7 Å². The molecule has 4 aromatic rings. The van der Waals surface area contributed by atoms with Gasteiger partial charge in [0.25, 0.3) is 0 Å². The van der Waals surface area contributed by atoms with Crippen LogP contribution in [-0.2, 0) is 11.8 Å². The Morgan fingerprint density at radius 1 is 1.03 bits per heavy atom. The lowest BCUT2D eigenvalue weighted by atomic mass is 10.2. The number of esters is 1. The Labute approximate surface area is 184 Å². The zero-order valence-corrected chi connectivity index (χ0v) is 18.2. The van der Waals surface area contributed by atoms with Gasteiger partial charge in [0.05, 0.1) is 11.0 Å². The van der Waals surface area contributed by atoms with Crippen molar-refractivity contribution in [2.45, 2.75) is 26.4 Å². The first-order valence-corrected chi connectivity index (χ1v) is 10.0. The average molecular weight is 434 g/mol. The Kier molecular flexibility index (Phi) is 5.52. The average Bonchev–Trinajstić information content (AvgIpc) is 3.03. The molecule has 0 spiro atoms. The van der Waals surface area contributed by atoms with E-state index in [4.69, 9.17) is 9.47 Å². The Bertz CT molecular complexity index is 1280. The number of pyridine rings is 1. The molecule has 7 nitrogen and oxygen atoms in total. The summed E-state index contributed by atoms with van der Waals surface area (Å²) in [5.74, 6) is 0.818. The standard InChI is InChI=1S/C24H23FN4O3/c1-24(2,3)32-22(30)20-14-18(11-12-26-20)31-17-9-10-21-19(13-17)28-23(29(21)4)27-16-7-5-15(25)6-8-16/h5-14H,1-4H3,(H,27,28). The zero-order valence-electron chi connectivity index (χ0n) is 18.2. The largest absolute Gasteiger partial charge is 0.457 e. The summed E-state index contributed by atoms with van der Waals surface area (Å²) in [7, 11) is 1.89. The minimum absolute atomic E-state index is 0.169. The van der Waals surface area contributed by atoms with E-state index in [0.29, 0.717) is 17.4 Å². The van der Waals surface area contributed by atoms with Crippen LogP contribution in [0.15, 0.2) is 60.8 Å². The summed E-state index contributed by atoms with van der Waals surface area (Å²) in [6.45, 7) is 5.39. The number of benzene rings is 2.